The molecule has 226 valence electrons. The fourth-order valence-corrected chi connectivity index (χ4v) is 4.89. The molecule has 0 spiro atoms. The van der Waals surface area contributed by atoms with Crippen molar-refractivity contribution in [1.29, 1.82) is 0 Å². The first-order valence-electron chi connectivity index (χ1n) is 13.7. The molecule has 1 aliphatic rings. The fraction of sp³-hybridized carbons (Fsp3) is 0.533. The fourth-order valence-electron chi connectivity index (χ4n) is 4.89. The largest absolute Gasteiger partial charge is 0.573 e. The number of carbonyl (C=O) groups is 2. The van der Waals surface area contributed by atoms with Crippen molar-refractivity contribution in [1.82, 2.24) is 15.1 Å². The maximum atomic E-state index is 13.7. The average molecular weight is 580 g/mol. The summed E-state index contributed by atoms with van der Waals surface area (Å²) in [7, 11) is 3.29. The van der Waals surface area contributed by atoms with E-state index in [9.17, 15) is 22.8 Å². The highest BCUT2D eigenvalue weighted by Gasteiger charge is 2.34. The number of ether oxygens (including phenoxy) is 3. The van der Waals surface area contributed by atoms with Gasteiger partial charge in [0.2, 0.25) is 5.91 Å². The van der Waals surface area contributed by atoms with Gasteiger partial charge in [-0.05, 0) is 49.4 Å². The summed E-state index contributed by atoms with van der Waals surface area (Å²) in [6.07, 6.45) is -4.55. The Morgan fingerprint density at radius 1 is 1.02 bits per heavy atom. The predicted molar refractivity (Wildman–Crippen MR) is 148 cm³/mol. The third-order valence-electron chi connectivity index (χ3n) is 7.15. The van der Waals surface area contributed by atoms with E-state index >= 15 is 0 Å². The van der Waals surface area contributed by atoms with Crippen molar-refractivity contribution in [2.24, 2.45) is 11.8 Å². The first kappa shape index (κ1) is 32.4. The number of halogens is 3. The van der Waals surface area contributed by atoms with Crippen LogP contribution in [0.25, 0.3) is 0 Å². The minimum Gasteiger partial charge on any atom is -0.405 e. The number of hydrogen-bond donors (Lipinski definition) is 1. The van der Waals surface area contributed by atoms with Gasteiger partial charge in [0.1, 0.15) is 5.75 Å². The SMILES string of the molecule is COCCOCc1cc(C(=O)N(CC2CNCC2CN(C)C(=O)Cc2ccccc2)C(C)C)ccc1OC(F)(F)F. The quantitative estimate of drug-likeness (QED) is 0.339. The molecule has 8 nitrogen and oxygen atoms in total. The summed E-state index contributed by atoms with van der Waals surface area (Å²) in [4.78, 5) is 30.0. The van der Waals surface area contributed by atoms with Crippen LogP contribution in [0.3, 0.4) is 0 Å². The van der Waals surface area contributed by atoms with E-state index in [-0.39, 0.29) is 60.6 Å². The smallest absolute Gasteiger partial charge is 0.405 e. The topological polar surface area (TPSA) is 80.3 Å². The van der Waals surface area contributed by atoms with Gasteiger partial charge >= 0.3 is 6.36 Å². The number of alkyl halides is 3. The molecule has 0 bridgehead atoms. The zero-order valence-corrected chi connectivity index (χ0v) is 24.1. The standard InChI is InChI=1S/C30H40F3N3O5/c1-21(2)36(19-26-17-34-16-25(26)18-35(3)28(37)14-22-8-6-5-7-9-22)29(38)23-10-11-27(41-30(31,32)33)24(15-23)20-40-13-12-39-4/h5-11,15,21,25-26,34H,12-14,16-20H2,1-4H3. The Morgan fingerprint density at radius 3 is 2.34 bits per heavy atom. The van der Waals surface area contributed by atoms with Crippen molar-refractivity contribution in [3.8, 4) is 5.75 Å². The van der Waals surface area contributed by atoms with Gasteiger partial charge in [-0.3, -0.25) is 9.59 Å². The van der Waals surface area contributed by atoms with Gasteiger partial charge in [0, 0.05) is 57.5 Å². The molecule has 1 aliphatic heterocycles. The van der Waals surface area contributed by atoms with E-state index in [4.69, 9.17) is 9.47 Å². The highest BCUT2D eigenvalue weighted by Crippen LogP contribution is 2.29. The Kier molecular flexibility index (Phi) is 12.0. The number of nitrogens with zero attached hydrogens (tertiary/aromatic N) is 2. The van der Waals surface area contributed by atoms with Crippen LogP contribution in [-0.4, -0.2) is 87.6 Å². The van der Waals surface area contributed by atoms with Crippen LogP contribution in [0.5, 0.6) is 5.75 Å². The molecule has 1 heterocycles. The molecular weight excluding hydrogens is 539 g/mol. The summed E-state index contributed by atoms with van der Waals surface area (Å²) in [5.74, 6) is -0.444. The third-order valence-corrected chi connectivity index (χ3v) is 7.15. The zero-order chi connectivity index (χ0) is 30.0. The van der Waals surface area contributed by atoms with E-state index in [0.29, 0.717) is 26.1 Å². The van der Waals surface area contributed by atoms with E-state index in [1.807, 2.05) is 44.2 Å². The Bertz CT molecular complexity index is 1130. The number of carbonyl (C=O) groups excluding carboxylic acids is 2. The van der Waals surface area contributed by atoms with Crippen LogP contribution in [-0.2, 0) is 27.3 Å². The van der Waals surface area contributed by atoms with Crippen LogP contribution >= 0.6 is 0 Å². The van der Waals surface area contributed by atoms with Gasteiger partial charge in [0.05, 0.1) is 26.2 Å². The Labute approximate surface area is 239 Å². The number of likely N-dealkylation sites (N-methyl/N-ethyl adjacent to an activating group) is 1. The molecule has 41 heavy (non-hydrogen) atoms. The van der Waals surface area contributed by atoms with Crippen molar-refractivity contribution in [2.45, 2.75) is 39.3 Å². The van der Waals surface area contributed by atoms with Gasteiger partial charge in [-0.1, -0.05) is 30.3 Å². The Morgan fingerprint density at radius 2 is 1.71 bits per heavy atom. The van der Waals surface area contributed by atoms with E-state index in [1.54, 1.807) is 16.8 Å². The van der Waals surface area contributed by atoms with Crippen molar-refractivity contribution >= 4 is 11.8 Å². The molecule has 0 radical (unpaired) electrons. The second-order valence-electron chi connectivity index (χ2n) is 10.6. The third kappa shape index (κ3) is 10.0. The van der Waals surface area contributed by atoms with Crippen LogP contribution in [0.1, 0.15) is 35.3 Å². The molecule has 3 rings (SSSR count). The number of benzene rings is 2. The van der Waals surface area contributed by atoms with Crippen molar-refractivity contribution in [3.05, 3.63) is 65.2 Å². The molecule has 2 amide bonds. The van der Waals surface area contributed by atoms with Crippen molar-refractivity contribution in [2.75, 3.05) is 53.6 Å². The van der Waals surface area contributed by atoms with Gasteiger partial charge in [-0.2, -0.15) is 0 Å². The minimum atomic E-state index is -4.88. The van der Waals surface area contributed by atoms with Gasteiger partial charge in [0.25, 0.3) is 5.91 Å². The first-order chi connectivity index (χ1) is 19.5. The van der Waals surface area contributed by atoms with Gasteiger partial charge in [0.15, 0.2) is 0 Å². The van der Waals surface area contributed by atoms with Gasteiger partial charge < -0.3 is 29.3 Å². The summed E-state index contributed by atoms with van der Waals surface area (Å²) >= 11 is 0. The summed E-state index contributed by atoms with van der Waals surface area (Å²) in [5.41, 5.74) is 1.32. The minimum absolute atomic E-state index is 0.0278. The lowest BCUT2D eigenvalue weighted by molar-refractivity contribution is -0.275. The molecule has 1 saturated heterocycles. The lowest BCUT2D eigenvalue weighted by Crippen LogP contribution is -2.44. The molecule has 0 aliphatic carbocycles. The molecule has 2 aromatic rings. The molecule has 2 unspecified atom stereocenters. The molecule has 11 heteroatoms. The molecule has 0 saturated carbocycles. The van der Waals surface area contributed by atoms with Crippen molar-refractivity contribution < 1.29 is 37.0 Å². The second-order valence-corrected chi connectivity index (χ2v) is 10.6. The molecule has 2 aromatic carbocycles. The number of methoxy groups -OCH3 is 1. The zero-order valence-electron chi connectivity index (χ0n) is 24.1. The lowest BCUT2D eigenvalue weighted by Gasteiger charge is -2.33. The molecular formula is C30H40F3N3O5. The second kappa shape index (κ2) is 15.2. The number of amides is 2. The first-order valence-corrected chi connectivity index (χ1v) is 13.7. The van der Waals surface area contributed by atoms with Crippen LogP contribution in [0.2, 0.25) is 0 Å². The van der Waals surface area contributed by atoms with Crippen LogP contribution in [0.4, 0.5) is 13.2 Å². The van der Waals surface area contributed by atoms with E-state index in [0.717, 1.165) is 18.2 Å². The molecule has 0 aromatic heterocycles. The summed E-state index contributed by atoms with van der Waals surface area (Å²) in [6, 6.07) is 13.3. The van der Waals surface area contributed by atoms with Crippen LogP contribution < -0.4 is 10.1 Å². The Balaban J connectivity index is 1.71. The average Bonchev–Trinajstić information content (AvgIpc) is 3.36. The lowest BCUT2D eigenvalue weighted by atomic mass is 9.93. The highest BCUT2D eigenvalue weighted by atomic mass is 19.4. The van der Waals surface area contributed by atoms with Crippen LogP contribution in [0.15, 0.2) is 48.5 Å². The predicted octanol–water partition coefficient (Wildman–Crippen LogP) is 4.14. The number of hydrogen-bond acceptors (Lipinski definition) is 6. The highest BCUT2D eigenvalue weighted by molar-refractivity contribution is 5.94. The summed E-state index contributed by atoms with van der Waals surface area (Å²) in [5, 5.41) is 3.39. The van der Waals surface area contributed by atoms with E-state index in [1.165, 1.54) is 19.2 Å². The summed E-state index contributed by atoms with van der Waals surface area (Å²) < 4.78 is 53.5. The van der Waals surface area contributed by atoms with Crippen molar-refractivity contribution in [3.63, 3.8) is 0 Å². The number of nitrogens with one attached hydrogen (secondary N) is 1. The van der Waals surface area contributed by atoms with Gasteiger partial charge in [-0.25, -0.2) is 0 Å². The summed E-state index contributed by atoms with van der Waals surface area (Å²) in [6.45, 7) is 6.50. The molecule has 1 fully saturated rings. The maximum Gasteiger partial charge on any atom is 0.573 e. The number of rotatable bonds is 14. The molecule has 1 N–H and O–H groups in total. The van der Waals surface area contributed by atoms with E-state index in [2.05, 4.69) is 10.1 Å². The van der Waals surface area contributed by atoms with Gasteiger partial charge in [-0.15, -0.1) is 13.2 Å². The van der Waals surface area contributed by atoms with E-state index < -0.39 is 12.1 Å². The van der Waals surface area contributed by atoms with Crippen LogP contribution in [0, 0.1) is 11.8 Å². The normalized spacial score (nSPS) is 17.1. The maximum absolute atomic E-state index is 13.7. The monoisotopic (exact) mass is 579 g/mol. The molecule has 2 atom stereocenters. The Hall–Kier alpha value is -3.15.